The Balaban J connectivity index is 1.98. The molecule has 2 aromatic heterocycles. The van der Waals surface area contributed by atoms with Gasteiger partial charge in [0.25, 0.3) is 5.56 Å². The molecule has 0 aliphatic rings. The smallest absolute Gasteiger partial charge is 0.332 e. The molecule has 0 atom stereocenters. The molecule has 0 fully saturated rings. The highest BCUT2D eigenvalue weighted by molar-refractivity contribution is 5.74. The van der Waals surface area contributed by atoms with E-state index in [2.05, 4.69) is 18.7 Å². The number of fused-ring (bicyclic) bond motifs is 1. The first-order valence-corrected chi connectivity index (χ1v) is 10.6. The van der Waals surface area contributed by atoms with Gasteiger partial charge in [-0.3, -0.25) is 18.5 Å². The van der Waals surface area contributed by atoms with Gasteiger partial charge < -0.3 is 4.90 Å². The number of hydrogen-bond donors (Lipinski definition) is 0. The number of aromatic nitrogens is 4. The molecule has 160 valence electrons. The number of aryl methyl sites for hydroxylation is 1. The largest absolute Gasteiger partial charge is 0.343 e. The summed E-state index contributed by atoms with van der Waals surface area (Å²) in [6.07, 6.45) is 0. The SMILES string of the molecule is CCN(CC)c1nc2c(c(=O)n(Cc3ccccc3)c(=O)n2C)n1Cc1ccccc1. The van der Waals surface area contributed by atoms with E-state index in [-0.39, 0.29) is 17.8 Å². The van der Waals surface area contributed by atoms with Crippen molar-refractivity contribution in [3.05, 3.63) is 92.6 Å². The van der Waals surface area contributed by atoms with Crippen LogP contribution in [0.5, 0.6) is 0 Å². The van der Waals surface area contributed by atoms with Crippen molar-refractivity contribution in [2.45, 2.75) is 26.9 Å². The zero-order valence-electron chi connectivity index (χ0n) is 18.2. The average molecular weight is 418 g/mol. The van der Waals surface area contributed by atoms with Gasteiger partial charge in [-0.25, -0.2) is 4.79 Å². The van der Waals surface area contributed by atoms with Crippen LogP contribution in [-0.4, -0.2) is 31.8 Å². The van der Waals surface area contributed by atoms with Crippen molar-refractivity contribution in [3.8, 4) is 0 Å². The summed E-state index contributed by atoms with van der Waals surface area (Å²) in [6.45, 7) is 6.34. The van der Waals surface area contributed by atoms with Crippen LogP contribution in [0.1, 0.15) is 25.0 Å². The lowest BCUT2D eigenvalue weighted by Crippen LogP contribution is -2.40. The second-order valence-electron chi connectivity index (χ2n) is 7.55. The van der Waals surface area contributed by atoms with Gasteiger partial charge in [0.05, 0.1) is 13.1 Å². The molecule has 0 N–H and O–H groups in total. The fourth-order valence-electron chi connectivity index (χ4n) is 3.93. The van der Waals surface area contributed by atoms with Gasteiger partial charge in [0.1, 0.15) is 0 Å². The molecule has 7 nitrogen and oxygen atoms in total. The van der Waals surface area contributed by atoms with Crippen molar-refractivity contribution in [2.75, 3.05) is 18.0 Å². The second kappa shape index (κ2) is 8.63. The molecule has 0 unspecified atom stereocenters. The Morgan fingerprint density at radius 2 is 1.32 bits per heavy atom. The van der Waals surface area contributed by atoms with Crippen LogP contribution in [0.4, 0.5) is 5.95 Å². The summed E-state index contributed by atoms with van der Waals surface area (Å²) >= 11 is 0. The van der Waals surface area contributed by atoms with Crippen LogP contribution in [0.25, 0.3) is 11.2 Å². The predicted molar refractivity (Wildman–Crippen MR) is 124 cm³/mol. The number of nitrogens with zero attached hydrogens (tertiary/aromatic N) is 5. The van der Waals surface area contributed by atoms with Crippen molar-refractivity contribution in [1.82, 2.24) is 18.7 Å². The van der Waals surface area contributed by atoms with Crippen molar-refractivity contribution >= 4 is 17.1 Å². The minimum absolute atomic E-state index is 0.222. The molecule has 0 radical (unpaired) electrons. The summed E-state index contributed by atoms with van der Waals surface area (Å²) in [5, 5.41) is 0. The van der Waals surface area contributed by atoms with E-state index in [1.165, 1.54) is 9.13 Å². The van der Waals surface area contributed by atoms with E-state index in [0.29, 0.717) is 23.7 Å². The van der Waals surface area contributed by atoms with Crippen LogP contribution in [0.15, 0.2) is 70.3 Å². The van der Waals surface area contributed by atoms with E-state index >= 15 is 0 Å². The maximum Gasteiger partial charge on any atom is 0.332 e. The quantitative estimate of drug-likeness (QED) is 0.464. The topological polar surface area (TPSA) is 65.1 Å². The Kier molecular flexibility index (Phi) is 5.75. The molecule has 0 aliphatic heterocycles. The maximum absolute atomic E-state index is 13.6. The van der Waals surface area contributed by atoms with E-state index in [0.717, 1.165) is 24.2 Å². The number of benzene rings is 2. The molecule has 4 aromatic rings. The highest BCUT2D eigenvalue weighted by Gasteiger charge is 2.22. The zero-order valence-corrected chi connectivity index (χ0v) is 18.2. The predicted octanol–water partition coefficient (Wildman–Crippen LogP) is 2.84. The van der Waals surface area contributed by atoms with E-state index in [1.54, 1.807) is 7.05 Å². The van der Waals surface area contributed by atoms with Crippen LogP contribution in [0.3, 0.4) is 0 Å². The molecule has 2 aromatic carbocycles. The number of anilines is 1. The Labute approximate surface area is 180 Å². The average Bonchev–Trinajstić information content (AvgIpc) is 3.17. The monoisotopic (exact) mass is 417 g/mol. The molecular formula is C24H27N5O2. The summed E-state index contributed by atoms with van der Waals surface area (Å²) in [5.74, 6) is 0.702. The Bertz CT molecular complexity index is 1300. The normalized spacial score (nSPS) is 11.2. The molecule has 0 saturated heterocycles. The molecule has 0 amide bonds. The van der Waals surface area contributed by atoms with Crippen molar-refractivity contribution in [1.29, 1.82) is 0 Å². The minimum Gasteiger partial charge on any atom is -0.343 e. The molecule has 2 heterocycles. The summed E-state index contributed by atoms with van der Waals surface area (Å²) in [4.78, 5) is 33.5. The highest BCUT2D eigenvalue weighted by Crippen LogP contribution is 2.21. The number of hydrogen-bond acceptors (Lipinski definition) is 4. The van der Waals surface area contributed by atoms with Crippen molar-refractivity contribution in [2.24, 2.45) is 7.05 Å². The third kappa shape index (κ3) is 3.79. The van der Waals surface area contributed by atoms with Gasteiger partial charge in [0.2, 0.25) is 5.95 Å². The molecule has 0 bridgehead atoms. The van der Waals surface area contributed by atoms with Gasteiger partial charge in [-0.1, -0.05) is 60.7 Å². The molecule has 0 spiro atoms. The van der Waals surface area contributed by atoms with Crippen LogP contribution in [0, 0.1) is 0 Å². The van der Waals surface area contributed by atoms with Crippen molar-refractivity contribution in [3.63, 3.8) is 0 Å². The zero-order chi connectivity index (χ0) is 22.0. The molecule has 31 heavy (non-hydrogen) atoms. The van der Waals surface area contributed by atoms with E-state index in [1.807, 2.05) is 65.2 Å². The van der Waals surface area contributed by atoms with E-state index < -0.39 is 0 Å². The summed E-state index contributed by atoms with van der Waals surface area (Å²) in [5.41, 5.74) is 2.15. The Morgan fingerprint density at radius 1 is 0.806 bits per heavy atom. The Hall–Kier alpha value is -3.61. The maximum atomic E-state index is 13.6. The second-order valence-corrected chi connectivity index (χ2v) is 7.55. The van der Waals surface area contributed by atoms with E-state index in [4.69, 9.17) is 4.98 Å². The van der Waals surface area contributed by atoms with E-state index in [9.17, 15) is 9.59 Å². The standard InChI is InChI=1S/C24H27N5O2/c1-4-27(5-2)23-25-21-20(28(23)16-18-12-8-6-9-13-18)22(30)29(24(31)26(21)3)17-19-14-10-7-11-15-19/h6-15H,4-5,16-17H2,1-3H3. The van der Waals surface area contributed by atoms with Crippen molar-refractivity contribution < 1.29 is 0 Å². The van der Waals surface area contributed by atoms with Gasteiger partial charge >= 0.3 is 5.69 Å². The lowest BCUT2D eigenvalue weighted by molar-refractivity contribution is 0.653. The first-order valence-electron chi connectivity index (χ1n) is 10.6. The molecule has 7 heteroatoms. The lowest BCUT2D eigenvalue weighted by atomic mass is 10.2. The van der Waals surface area contributed by atoms with Gasteiger partial charge in [-0.2, -0.15) is 4.98 Å². The number of imidazole rings is 1. The van der Waals surface area contributed by atoms with Crippen LogP contribution in [0.2, 0.25) is 0 Å². The minimum atomic E-state index is -0.364. The van der Waals surface area contributed by atoms with Crippen LogP contribution < -0.4 is 16.1 Å². The third-order valence-corrected chi connectivity index (χ3v) is 5.63. The summed E-state index contributed by atoms with van der Waals surface area (Å²) < 4.78 is 4.72. The van der Waals surface area contributed by atoms with Gasteiger partial charge in [-0.05, 0) is 25.0 Å². The molecular weight excluding hydrogens is 390 g/mol. The fraction of sp³-hybridized carbons (Fsp3) is 0.292. The highest BCUT2D eigenvalue weighted by atomic mass is 16.2. The van der Waals surface area contributed by atoms with Gasteiger partial charge in [-0.15, -0.1) is 0 Å². The van der Waals surface area contributed by atoms with Gasteiger partial charge in [0, 0.05) is 20.1 Å². The molecule has 0 saturated carbocycles. The number of rotatable bonds is 7. The Morgan fingerprint density at radius 3 is 1.84 bits per heavy atom. The van der Waals surface area contributed by atoms with Gasteiger partial charge in [0.15, 0.2) is 11.2 Å². The first kappa shape index (κ1) is 20.7. The summed E-state index contributed by atoms with van der Waals surface area (Å²) in [6, 6.07) is 19.5. The first-order chi connectivity index (χ1) is 15.0. The third-order valence-electron chi connectivity index (χ3n) is 5.63. The fourth-order valence-corrected chi connectivity index (χ4v) is 3.93. The summed E-state index contributed by atoms with van der Waals surface area (Å²) in [7, 11) is 1.68. The molecule has 0 aliphatic carbocycles. The van der Waals surface area contributed by atoms with Crippen LogP contribution >= 0.6 is 0 Å². The molecule has 4 rings (SSSR count). The van der Waals surface area contributed by atoms with Crippen LogP contribution in [-0.2, 0) is 20.1 Å². The lowest BCUT2D eigenvalue weighted by Gasteiger charge is -2.21.